The summed E-state index contributed by atoms with van der Waals surface area (Å²) in [5.74, 6) is 0.348. The van der Waals surface area contributed by atoms with E-state index in [0.29, 0.717) is 19.1 Å². The van der Waals surface area contributed by atoms with Crippen LogP contribution >= 0.6 is 0 Å². The zero-order valence-corrected chi connectivity index (χ0v) is 11.0. The summed E-state index contributed by atoms with van der Waals surface area (Å²) >= 11 is 0. The van der Waals surface area contributed by atoms with Crippen molar-refractivity contribution in [3.05, 3.63) is 71.8 Å². The average Bonchev–Trinajstić information content (AvgIpc) is 2.49. The molecule has 2 aromatic rings. The summed E-state index contributed by atoms with van der Waals surface area (Å²) in [5.41, 5.74) is 2.61. The monoisotopic (exact) mass is 256 g/mol. The van der Waals surface area contributed by atoms with E-state index in [-0.39, 0.29) is 6.61 Å². The first-order chi connectivity index (χ1) is 9.42. The second-order valence-corrected chi connectivity index (χ2v) is 4.50. The number of benzene rings is 2. The van der Waals surface area contributed by atoms with Crippen LogP contribution in [0.5, 0.6) is 0 Å². The van der Waals surface area contributed by atoms with E-state index in [1.54, 1.807) is 0 Å². The highest BCUT2D eigenvalue weighted by molar-refractivity contribution is 5.32. The Kier molecular flexibility index (Phi) is 5.60. The second-order valence-electron chi connectivity index (χ2n) is 4.50. The number of hydrogen-bond acceptors (Lipinski definition) is 2. The smallest absolute Gasteiger partial charge is 0.0697 e. The molecule has 0 aliphatic rings. The van der Waals surface area contributed by atoms with Crippen LogP contribution < -0.4 is 0 Å². The van der Waals surface area contributed by atoms with Gasteiger partial charge in [-0.25, -0.2) is 0 Å². The Morgan fingerprint density at radius 3 is 1.79 bits per heavy atom. The first-order valence-corrected chi connectivity index (χ1v) is 6.70. The van der Waals surface area contributed by atoms with Crippen molar-refractivity contribution >= 4 is 0 Å². The molecule has 2 rings (SSSR count). The zero-order chi connectivity index (χ0) is 13.3. The van der Waals surface area contributed by atoms with Crippen LogP contribution in [0.2, 0.25) is 0 Å². The molecule has 0 saturated carbocycles. The van der Waals surface area contributed by atoms with Gasteiger partial charge in [0.25, 0.3) is 0 Å². The van der Waals surface area contributed by atoms with Gasteiger partial charge in [-0.05, 0) is 17.5 Å². The Hall–Kier alpha value is -1.64. The van der Waals surface area contributed by atoms with Gasteiger partial charge in [0, 0.05) is 12.5 Å². The molecule has 0 aromatic heterocycles. The number of ether oxygens (including phenoxy) is 1. The van der Waals surface area contributed by atoms with Gasteiger partial charge in [0.2, 0.25) is 0 Å². The van der Waals surface area contributed by atoms with Crippen LogP contribution in [-0.4, -0.2) is 24.9 Å². The van der Waals surface area contributed by atoms with E-state index < -0.39 is 0 Å². The molecule has 0 unspecified atom stereocenters. The predicted octanol–water partition coefficient (Wildman–Crippen LogP) is 3.22. The van der Waals surface area contributed by atoms with Crippen LogP contribution in [0.15, 0.2) is 60.7 Å². The summed E-state index contributed by atoms with van der Waals surface area (Å²) < 4.78 is 5.41. The van der Waals surface area contributed by atoms with Crippen molar-refractivity contribution in [3.63, 3.8) is 0 Å². The van der Waals surface area contributed by atoms with E-state index in [0.717, 1.165) is 6.42 Å². The summed E-state index contributed by atoms with van der Waals surface area (Å²) in [6.45, 7) is 1.16. The third-order valence-corrected chi connectivity index (χ3v) is 3.19. The zero-order valence-electron chi connectivity index (χ0n) is 11.0. The Balaban J connectivity index is 2.10. The maximum atomic E-state index is 8.74. The molecule has 0 saturated heterocycles. The second kappa shape index (κ2) is 7.72. The van der Waals surface area contributed by atoms with Gasteiger partial charge in [-0.1, -0.05) is 60.7 Å². The highest BCUT2D eigenvalue weighted by Crippen LogP contribution is 2.27. The van der Waals surface area contributed by atoms with Crippen molar-refractivity contribution < 1.29 is 9.84 Å². The summed E-state index contributed by atoms with van der Waals surface area (Å²) in [6.07, 6.45) is 0.925. The van der Waals surface area contributed by atoms with E-state index in [9.17, 15) is 0 Å². The molecule has 0 aliphatic heterocycles. The molecular weight excluding hydrogens is 236 g/mol. The van der Waals surface area contributed by atoms with Gasteiger partial charge >= 0.3 is 0 Å². The Bertz CT molecular complexity index is 414. The molecule has 1 N–H and O–H groups in total. The Morgan fingerprint density at radius 2 is 1.32 bits per heavy atom. The minimum Gasteiger partial charge on any atom is -0.394 e. The van der Waals surface area contributed by atoms with E-state index in [1.165, 1.54) is 11.1 Å². The quantitative estimate of drug-likeness (QED) is 0.771. The summed E-state index contributed by atoms with van der Waals surface area (Å²) in [4.78, 5) is 0. The summed E-state index contributed by atoms with van der Waals surface area (Å²) in [5, 5.41) is 8.74. The lowest BCUT2D eigenvalue weighted by atomic mass is 9.89. The molecule has 0 spiro atoms. The number of aliphatic hydroxyl groups excluding tert-OH is 1. The third-order valence-electron chi connectivity index (χ3n) is 3.19. The van der Waals surface area contributed by atoms with Crippen molar-refractivity contribution in [3.8, 4) is 0 Å². The van der Waals surface area contributed by atoms with Gasteiger partial charge in [-0.2, -0.15) is 0 Å². The molecule has 100 valence electrons. The number of aliphatic hydroxyl groups is 1. The maximum Gasteiger partial charge on any atom is 0.0697 e. The number of rotatable bonds is 7. The lowest BCUT2D eigenvalue weighted by Crippen LogP contribution is -2.07. The lowest BCUT2D eigenvalue weighted by molar-refractivity contribution is 0.0890. The van der Waals surface area contributed by atoms with Gasteiger partial charge in [0.05, 0.1) is 13.2 Å². The minimum absolute atomic E-state index is 0.0847. The number of hydrogen-bond donors (Lipinski definition) is 1. The molecule has 0 fully saturated rings. The molecule has 0 bridgehead atoms. The first-order valence-electron chi connectivity index (χ1n) is 6.70. The van der Waals surface area contributed by atoms with Gasteiger partial charge < -0.3 is 9.84 Å². The van der Waals surface area contributed by atoms with Crippen molar-refractivity contribution in [2.75, 3.05) is 19.8 Å². The molecule has 19 heavy (non-hydrogen) atoms. The van der Waals surface area contributed by atoms with Crippen LogP contribution in [0, 0.1) is 0 Å². The molecule has 0 radical (unpaired) electrons. The molecule has 2 nitrogen and oxygen atoms in total. The largest absolute Gasteiger partial charge is 0.394 e. The fourth-order valence-electron chi connectivity index (χ4n) is 2.26. The molecule has 0 heterocycles. The van der Waals surface area contributed by atoms with Crippen molar-refractivity contribution in [2.24, 2.45) is 0 Å². The van der Waals surface area contributed by atoms with Crippen LogP contribution in [0.4, 0.5) is 0 Å². The Labute approximate surface area is 114 Å². The van der Waals surface area contributed by atoms with Crippen LogP contribution in [0.1, 0.15) is 23.5 Å². The van der Waals surface area contributed by atoms with Crippen molar-refractivity contribution in [2.45, 2.75) is 12.3 Å². The topological polar surface area (TPSA) is 29.5 Å². The highest BCUT2D eigenvalue weighted by atomic mass is 16.5. The molecule has 2 aromatic carbocycles. The average molecular weight is 256 g/mol. The minimum atomic E-state index is 0.0847. The first kappa shape index (κ1) is 13.8. The van der Waals surface area contributed by atoms with E-state index >= 15 is 0 Å². The van der Waals surface area contributed by atoms with E-state index in [4.69, 9.17) is 9.84 Å². The van der Waals surface area contributed by atoms with E-state index in [1.807, 2.05) is 12.1 Å². The SMILES string of the molecule is OCCOCCC(c1ccccc1)c1ccccc1. The third kappa shape index (κ3) is 4.19. The fourth-order valence-corrected chi connectivity index (χ4v) is 2.26. The summed E-state index contributed by atoms with van der Waals surface area (Å²) in [6, 6.07) is 21.0. The van der Waals surface area contributed by atoms with Gasteiger partial charge in [-0.15, -0.1) is 0 Å². The standard InChI is InChI=1S/C17H20O2/c18-12-14-19-13-11-17(15-7-3-1-4-8-15)16-9-5-2-6-10-16/h1-10,17-18H,11-14H2. The molecule has 0 aliphatic carbocycles. The molecule has 2 heteroatoms. The fraction of sp³-hybridized carbons (Fsp3) is 0.294. The molecule has 0 atom stereocenters. The van der Waals surface area contributed by atoms with Crippen LogP contribution in [-0.2, 0) is 4.74 Å². The van der Waals surface area contributed by atoms with Gasteiger partial charge in [0.15, 0.2) is 0 Å². The summed E-state index contributed by atoms with van der Waals surface area (Å²) in [7, 11) is 0. The van der Waals surface area contributed by atoms with Crippen molar-refractivity contribution in [1.82, 2.24) is 0 Å². The maximum absolute atomic E-state index is 8.74. The molecule has 0 amide bonds. The highest BCUT2D eigenvalue weighted by Gasteiger charge is 2.13. The van der Waals surface area contributed by atoms with Crippen LogP contribution in [0.3, 0.4) is 0 Å². The van der Waals surface area contributed by atoms with Gasteiger partial charge in [0.1, 0.15) is 0 Å². The predicted molar refractivity (Wildman–Crippen MR) is 77.2 cm³/mol. The molecular formula is C17H20O2. The van der Waals surface area contributed by atoms with E-state index in [2.05, 4.69) is 48.5 Å². The lowest BCUT2D eigenvalue weighted by Gasteiger charge is -2.18. The van der Waals surface area contributed by atoms with Gasteiger partial charge in [-0.3, -0.25) is 0 Å². The Morgan fingerprint density at radius 1 is 0.789 bits per heavy atom. The van der Waals surface area contributed by atoms with Crippen molar-refractivity contribution in [1.29, 1.82) is 0 Å². The van der Waals surface area contributed by atoms with Crippen LogP contribution in [0.25, 0.3) is 0 Å². The normalized spacial score (nSPS) is 10.8.